The van der Waals surface area contributed by atoms with Crippen molar-refractivity contribution in [3.8, 4) is 34.0 Å². The highest BCUT2D eigenvalue weighted by Gasteiger charge is 2.17. The molecule has 4 aromatic carbocycles. The molecule has 1 aliphatic heterocycles. The van der Waals surface area contributed by atoms with Crippen LogP contribution in [-0.4, -0.2) is 42.0 Å². The van der Waals surface area contributed by atoms with Crippen LogP contribution in [0, 0.1) is 0 Å². The summed E-state index contributed by atoms with van der Waals surface area (Å²) >= 11 is 0. The van der Waals surface area contributed by atoms with E-state index in [1.165, 1.54) is 5.56 Å². The lowest BCUT2D eigenvalue weighted by molar-refractivity contribution is 0.313. The molecule has 0 fully saturated rings. The summed E-state index contributed by atoms with van der Waals surface area (Å²) < 4.78 is 11.5. The molecule has 0 saturated heterocycles. The van der Waals surface area contributed by atoms with Gasteiger partial charge in [-0.1, -0.05) is 18.2 Å². The fourth-order valence-electron chi connectivity index (χ4n) is 4.85. The van der Waals surface area contributed by atoms with Gasteiger partial charge in [-0.15, -0.1) is 0 Å². The summed E-state index contributed by atoms with van der Waals surface area (Å²) in [6.07, 6.45) is 2.51. The van der Waals surface area contributed by atoms with Crippen molar-refractivity contribution >= 4 is 22.4 Å². The number of hydrogen-bond donors (Lipinski definition) is 3. The average Bonchev–Trinajstić information content (AvgIpc) is 3.62. The zero-order valence-electron chi connectivity index (χ0n) is 22.4. The zero-order chi connectivity index (χ0) is 27.3. The first-order valence-corrected chi connectivity index (χ1v) is 13.8. The maximum atomic E-state index is 5.73. The molecule has 1 aliphatic rings. The summed E-state index contributed by atoms with van der Waals surface area (Å²) in [7, 11) is 0. The Morgan fingerprint density at radius 2 is 1.27 bits per heavy atom. The second-order valence-electron chi connectivity index (χ2n) is 9.93. The molecule has 5 aromatic rings. The number of rotatable bonds is 11. The molecule has 0 radical (unpaired) electrons. The maximum absolute atomic E-state index is 5.73. The van der Waals surface area contributed by atoms with Crippen LogP contribution < -0.4 is 20.9 Å². The molecule has 202 valence electrons. The monoisotopic (exact) mass is 531 g/mol. The van der Waals surface area contributed by atoms with Gasteiger partial charge in [-0.25, -0.2) is 4.98 Å². The summed E-state index contributed by atoms with van der Waals surface area (Å²) in [6, 6.07) is 29.0. The van der Waals surface area contributed by atoms with Crippen LogP contribution in [0.25, 0.3) is 33.5 Å². The van der Waals surface area contributed by atoms with Crippen molar-refractivity contribution in [1.29, 1.82) is 0 Å². The first-order chi connectivity index (χ1) is 19.7. The number of benzene rings is 4. The van der Waals surface area contributed by atoms with Gasteiger partial charge in [0.25, 0.3) is 0 Å². The van der Waals surface area contributed by atoms with E-state index in [2.05, 4.69) is 53.5 Å². The number of hydrogen-bond acceptors (Lipinski definition) is 6. The lowest BCUT2D eigenvalue weighted by Crippen LogP contribution is -2.06. The standard InChI is InChI=1S/C33H33N5O2/c34-15-1-17-39-27-10-5-22(6-11-27)30-21-26-4-3-24(19-31(26)36-30)25-9-14-29-32(20-25)38-33(37-29)23-7-12-28(13-8-23)40-18-2-16-35/h3-14,19-20H,1-2,15-18,21,34-35H2,(H,37,38). The molecule has 40 heavy (non-hydrogen) atoms. The number of ether oxygens (including phenoxy) is 2. The van der Waals surface area contributed by atoms with Crippen LogP contribution in [0.15, 0.2) is 89.9 Å². The Labute approximate surface area is 233 Å². The number of aliphatic imine (C=N–C) groups is 1. The van der Waals surface area contributed by atoms with E-state index in [0.29, 0.717) is 26.3 Å². The number of aromatic amines is 1. The van der Waals surface area contributed by atoms with Gasteiger partial charge < -0.3 is 25.9 Å². The van der Waals surface area contributed by atoms with Crippen LogP contribution in [0.5, 0.6) is 11.5 Å². The SMILES string of the molecule is NCCCOc1ccc(C2=Nc3cc(-c4ccc5nc(-c6ccc(OCCCN)cc6)[nH]c5c4)ccc3C2)cc1. The third-order valence-electron chi connectivity index (χ3n) is 7.06. The van der Waals surface area contributed by atoms with Crippen LogP contribution >= 0.6 is 0 Å². The number of nitrogens with two attached hydrogens (primary N) is 2. The normalized spacial score (nSPS) is 12.4. The van der Waals surface area contributed by atoms with E-state index in [1.807, 2.05) is 36.4 Å². The fourth-order valence-corrected chi connectivity index (χ4v) is 4.85. The van der Waals surface area contributed by atoms with Crippen molar-refractivity contribution in [2.75, 3.05) is 26.3 Å². The first kappa shape index (κ1) is 25.8. The third-order valence-corrected chi connectivity index (χ3v) is 7.06. The van der Waals surface area contributed by atoms with Crippen LogP contribution in [0.3, 0.4) is 0 Å². The van der Waals surface area contributed by atoms with Crippen molar-refractivity contribution in [2.45, 2.75) is 19.3 Å². The molecule has 2 heterocycles. The Kier molecular flexibility index (Phi) is 7.57. The van der Waals surface area contributed by atoms with Gasteiger partial charge in [-0.3, -0.25) is 4.99 Å². The molecule has 7 nitrogen and oxygen atoms in total. The molecule has 0 unspecified atom stereocenters. The maximum Gasteiger partial charge on any atom is 0.138 e. The number of fused-ring (bicyclic) bond motifs is 2. The molecule has 0 saturated carbocycles. The Morgan fingerprint density at radius 3 is 1.95 bits per heavy atom. The predicted molar refractivity (Wildman–Crippen MR) is 162 cm³/mol. The molecule has 5 N–H and O–H groups in total. The van der Waals surface area contributed by atoms with E-state index in [1.54, 1.807) is 0 Å². The largest absolute Gasteiger partial charge is 0.494 e. The Morgan fingerprint density at radius 1 is 0.675 bits per heavy atom. The Bertz CT molecular complexity index is 1640. The van der Waals surface area contributed by atoms with Crippen LogP contribution in [-0.2, 0) is 6.42 Å². The zero-order valence-corrected chi connectivity index (χ0v) is 22.4. The highest BCUT2D eigenvalue weighted by atomic mass is 16.5. The van der Waals surface area contributed by atoms with Crippen molar-refractivity contribution in [3.63, 3.8) is 0 Å². The molecular weight excluding hydrogens is 498 g/mol. The summed E-state index contributed by atoms with van der Waals surface area (Å²) in [4.78, 5) is 13.3. The molecule has 7 heteroatoms. The van der Waals surface area contributed by atoms with Crippen molar-refractivity contribution < 1.29 is 9.47 Å². The Balaban J connectivity index is 1.18. The summed E-state index contributed by atoms with van der Waals surface area (Å²) in [5.41, 5.74) is 20.7. The smallest absolute Gasteiger partial charge is 0.138 e. The van der Waals surface area contributed by atoms with E-state index in [4.69, 9.17) is 30.9 Å². The minimum atomic E-state index is 0.622. The van der Waals surface area contributed by atoms with Gasteiger partial charge in [0.1, 0.15) is 17.3 Å². The minimum Gasteiger partial charge on any atom is -0.494 e. The van der Waals surface area contributed by atoms with Gasteiger partial charge in [0.2, 0.25) is 0 Å². The third kappa shape index (κ3) is 5.61. The van der Waals surface area contributed by atoms with Crippen molar-refractivity contribution in [1.82, 2.24) is 9.97 Å². The van der Waals surface area contributed by atoms with Gasteiger partial charge in [0, 0.05) is 12.0 Å². The number of H-pyrrole nitrogens is 1. The fraction of sp³-hybridized carbons (Fsp3) is 0.212. The molecule has 6 rings (SSSR count). The second kappa shape index (κ2) is 11.7. The second-order valence-corrected chi connectivity index (χ2v) is 9.93. The van der Waals surface area contributed by atoms with E-state index >= 15 is 0 Å². The van der Waals surface area contributed by atoms with Crippen LogP contribution in [0.1, 0.15) is 24.0 Å². The topological polar surface area (TPSA) is 112 Å². The average molecular weight is 532 g/mol. The van der Waals surface area contributed by atoms with Gasteiger partial charge >= 0.3 is 0 Å². The van der Waals surface area contributed by atoms with E-state index in [0.717, 1.165) is 81.3 Å². The Hall–Kier alpha value is -4.46. The molecule has 0 atom stereocenters. The molecule has 0 aliphatic carbocycles. The van der Waals surface area contributed by atoms with Crippen LogP contribution in [0.2, 0.25) is 0 Å². The predicted octanol–water partition coefficient (Wildman–Crippen LogP) is 6.03. The number of nitrogens with zero attached hydrogens (tertiary/aromatic N) is 2. The lowest BCUT2D eigenvalue weighted by atomic mass is 10.00. The molecule has 0 amide bonds. The van der Waals surface area contributed by atoms with E-state index in [9.17, 15) is 0 Å². The van der Waals surface area contributed by atoms with Gasteiger partial charge in [0.15, 0.2) is 0 Å². The summed E-state index contributed by atoms with van der Waals surface area (Å²) in [5.74, 6) is 2.53. The minimum absolute atomic E-state index is 0.622. The summed E-state index contributed by atoms with van der Waals surface area (Å²) in [5, 5.41) is 0. The van der Waals surface area contributed by atoms with Crippen LogP contribution in [0.4, 0.5) is 5.69 Å². The summed E-state index contributed by atoms with van der Waals surface area (Å²) in [6.45, 7) is 2.51. The van der Waals surface area contributed by atoms with Gasteiger partial charge in [-0.2, -0.15) is 0 Å². The highest BCUT2D eigenvalue weighted by molar-refractivity contribution is 6.07. The molecule has 0 bridgehead atoms. The first-order valence-electron chi connectivity index (χ1n) is 13.8. The van der Waals surface area contributed by atoms with Crippen molar-refractivity contribution in [3.05, 3.63) is 96.1 Å². The van der Waals surface area contributed by atoms with E-state index in [-0.39, 0.29) is 0 Å². The number of imidazole rings is 1. The molecule has 0 spiro atoms. The number of aromatic nitrogens is 2. The van der Waals surface area contributed by atoms with Gasteiger partial charge in [0.05, 0.1) is 35.6 Å². The van der Waals surface area contributed by atoms with E-state index < -0.39 is 0 Å². The van der Waals surface area contributed by atoms with Crippen molar-refractivity contribution in [2.24, 2.45) is 16.5 Å². The highest BCUT2D eigenvalue weighted by Crippen LogP contribution is 2.35. The quantitative estimate of drug-likeness (QED) is 0.180. The molecular formula is C33H33N5O2. The van der Waals surface area contributed by atoms with Gasteiger partial charge in [-0.05, 0) is 115 Å². The number of nitrogens with one attached hydrogen (secondary N) is 1. The lowest BCUT2D eigenvalue weighted by Gasteiger charge is -2.06. The molecule has 1 aromatic heterocycles.